The lowest BCUT2D eigenvalue weighted by Crippen LogP contribution is -2.13. The Morgan fingerprint density at radius 2 is 2.00 bits per heavy atom. The maximum atomic E-state index is 6.72. The highest BCUT2D eigenvalue weighted by Gasteiger charge is 2.31. The summed E-state index contributed by atoms with van der Waals surface area (Å²) in [5.74, 6) is 0. The van der Waals surface area contributed by atoms with Gasteiger partial charge in [-0.05, 0) is 12.8 Å². The molecular formula is C8H13N. The highest BCUT2D eigenvalue weighted by Crippen LogP contribution is 2.37. The van der Waals surface area contributed by atoms with Crippen molar-refractivity contribution in [1.29, 1.82) is 0 Å². The van der Waals surface area contributed by atoms with E-state index in [2.05, 4.69) is 11.8 Å². The van der Waals surface area contributed by atoms with Gasteiger partial charge < -0.3 is 4.85 Å². The van der Waals surface area contributed by atoms with E-state index in [1.165, 1.54) is 25.7 Å². The average molecular weight is 123 g/mol. The molecule has 1 saturated carbocycles. The Hall–Kier alpha value is -0.510. The summed E-state index contributed by atoms with van der Waals surface area (Å²) in [7, 11) is 0. The van der Waals surface area contributed by atoms with Crippen LogP contribution in [0.1, 0.15) is 32.6 Å². The Kier molecular flexibility index (Phi) is 1.75. The molecule has 50 valence electrons. The van der Waals surface area contributed by atoms with Crippen LogP contribution < -0.4 is 0 Å². The number of hydrogen-bond donors (Lipinski definition) is 0. The topological polar surface area (TPSA) is 4.36 Å². The van der Waals surface area contributed by atoms with Gasteiger partial charge >= 0.3 is 0 Å². The molecule has 0 atom stereocenters. The van der Waals surface area contributed by atoms with Crippen LogP contribution in [0.4, 0.5) is 0 Å². The molecule has 0 radical (unpaired) electrons. The van der Waals surface area contributed by atoms with E-state index in [-0.39, 0.29) is 0 Å². The Balaban J connectivity index is 2.43. The van der Waals surface area contributed by atoms with Crippen LogP contribution in [0.3, 0.4) is 0 Å². The van der Waals surface area contributed by atoms with Gasteiger partial charge in [-0.3, -0.25) is 0 Å². The fourth-order valence-electron chi connectivity index (χ4n) is 1.58. The number of rotatable bonds is 1. The van der Waals surface area contributed by atoms with Crippen LogP contribution in [0.15, 0.2) is 0 Å². The predicted molar refractivity (Wildman–Crippen MR) is 38.0 cm³/mol. The summed E-state index contributed by atoms with van der Waals surface area (Å²) in [4.78, 5) is 3.44. The molecule has 0 amide bonds. The summed E-state index contributed by atoms with van der Waals surface area (Å²) in [5, 5.41) is 0. The van der Waals surface area contributed by atoms with Gasteiger partial charge in [-0.15, -0.1) is 0 Å². The van der Waals surface area contributed by atoms with Crippen molar-refractivity contribution >= 4 is 0 Å². The van der Waals surface area contributed by atoms with Gasteiger partial charge in [-0.25, -0.2) is 6.57 Å². The lowest BCUT2D eigenvalue weighted by atomic mass is 9.89. The summed E-state index contributed by atoms with van der Waals surface area (Å²) < 4.78 is 0. The molecule has 1 aliphatic rings. The molecule has 0 aromatic heterocycles. The summed E-state index contributed by atoms with van der Waals surface area (Å²) >= 11 is 0. The van der Waals surface area contributed by atoms with E-state index in [9.17, 15) is 0 Å². The molecule has 1 rings (SSSR count). The Bertz CT molecular complexity index is 126. The van der Waals surface area contributed by atoms with E-state index in [0.717, 1.165) is 6.54 Å². The maximum Gasteiger partial charge on any atom is 0.219 e. The van der Waals surface area contributed by atoms with Gasteiger partial charge in [0.05, 0.1) is 0 Å². The maximum absolute atomic E-state index is 6.72. The molecule has 1 heteroatoms. The fraction of sp³-hybridized carbons (Fsp3) is 0.875. The SMILES string of the molecule is [C-]#[N+]CC1(C)CCCC1. The summed E-state index contributed by atoms with van der Waals surface area (Å²) in [6.45, 7) is 9.69. The van der Waals surface area contributed by atoms with Gasteiger partial charge in [-0.2, -0.15) is 0 Å². The van der Waals surface area contributed by atoms with Gasteiger partial charge in [0.1, 0.15) is 0 Å². The molecule has 0 aromatic rings. The van der Waals surface area contributed by atoms with Crippen molar-refractivity contribution in [3.8, 4) is 0 Å². The number of hydrogen-bond acceptors (Lipinski definition) is 0. The van der Waals surface area contributed by atoms with Gasteiger partial charge in [0.25, 0.3) is 0 Å². The van der Waals surface area contributed by atoms with Crippen LogP contribution in [-0.2, 0) is 0 Å². The van der Waals surface area contributed by atoms with E-state index >= 15 is 0 Å². The predicted octanol–water partition coefficient (Wildman–Crippen LogP) is 2.49. The third-order valence-corrected chi connectivity index (χ3v) is 2.27. The monoisotopic (exact) mass is 123 g/mol. The summed E-state index contributed by atoms with van der Waals surface area (Å²) in [6, 6.07) is 0. The molecule has 0 aromatic carbocycles. The molecular weight excluding hydrogens is 110 g/mol. The third-order valence-electron chi connectivity index (χ3n) is 2.27. The minimum absolute atomic E-state index is 0.391. The van der Waals surface area contributed by atoms with Crippen molar-refractivity contribution in [2.75, 3.05) is 6.54 Å². The van der Waals surface area contributed by atoms with Crippen LogP contribution >= 0.6 is 0 Å². The first kappa shape index (κ1) is 6.61. The Labute approximate surface area is 56.9 Å². The van der Waals surface area contributed by atoms with Crippen molar-refractivity contribution in [1.82, 2.24) is 0 Å². The first-order chi connectivity index (χ1) is 4.27. The van der Waals surface area contributed by atoms with Gasteiger partial charge in [0.2, 0.25) is 6.54 Å². The van der Waals surface area contributed by atoms with Gasteiger partial charge in [0, 0.05) is 5.41 Å². The second-order valence-corrected chi connectivity index (χ2v) is 3.33. The first-order valence-electron chi connectivity index (χ1n) is 3.60. The van der Waals surface area contributed by atoms with Crippen LogP contribution in [0.5, 0.6) is 0 Å². The summed E-state index contributed by atoms with van der Waals surface area (Å²) in [6.07, 6.45) is 5.22. The second-order valence-electron chi connectivity index (χ2n) is 3.33. The molecule has 0 unspecified atom stereocenters. The van der Waals surface area contributed by atoms with Crippen molar-refractivity contribution in [3.05, 3.63) is 11.4 Å². The van der Waals surface area contributed by atoms with E-state index in [1.54, 1.807) is 0 Å². The lowest BCUT2D eigenvalue weighted by Gasteiger charge is -2.14. The molecule has 0 heterocycles. The van der Waals surface area contributed by atoms with E-state index < -0.39 is 0 Å². The quantitative estimate of drug-likeness (QED) is 0.472. The average Bonchev–Trinajstić information content (AvgIpc) is 2.16. The summed E-state index contributed by atoms with van der Waals surface area (Å²) in [5.41, 5.74) is 0.391. The number of nitrogens with zero attached hydrogens (tertiary/aromatic N) is 1. The Morgan fingerprint density at radius 1 is 1.44 bits per heavy atom. The zero-order valence-corrected chi connectivity index (χ0v) is 5.98. The van der Waals surface area contributed by atoms with Crippen LogP contribution in [0.25, 0.3) is 4.85 Å². The molecule has 1 aliphatic carbocycles. The molecule has 0 saturated heterocycles. The second kappa shape index (κ2) is 2.39. The zero-order chi connectivity index (χ0) is 6.74. The fourth-order valence-corrected chi connectivity index (χ4v) is 1.58. The minimum atomic E-state index is 0.391. The molecule has 0 N–H and O–H groups in total. The third kappa shape index (κ3) is 1.45. The van der Waals surface area contributed by atoms with Crippen LogP contribution in [-0.4, -0.2) is 6.54 Å². The normalized spacial score (nSPS) is 23.6. The molecule has 0 spiro atoms. The highest BCUT2D eigenvalue weighted by atomic mass is 14.7. The lowest BCUT2D eigenvalue weighted by molar-refractivity contribution is 0.371. The van der Waals surface area contributed by atoms with Crippen molar-refractivity contribution < 1.29 is 0 Å². The zero-order valence-electron chi connectivity index (χ0n) is 5.98. The van der Waals surface area contributed by atoms with E-state index in [1.807, 2.05) is 0 Å². The van der Waals surface area contributed by atoms with E-state index in [0.29, 0.717) is 5.41 Å². The highest BCUT2D eigenvalue weighted by molar-refractivity contribution is 4.86. The standard InChI is InChI=1S/C8H13N/c1-8(7-9-2)5-3-4-6-8/h3-7H2,1H3. The van der Waals surface area contributed by atoms with Crippen LogP contribution in [0.2, 0.25) is 0 Å². The van der Waals surface area contributed by atoms with Crippen LogP contribution in [0, 0.1) is 12.0 Å². The molecule has 1 fully saturated rings. The Morgan fingerprint density at radius 3 is 2.44 bits per heavy atom. The van der Waals surface area contributed by atoms with Crippen molar-refractivity contribution in [2.45, 2.75) is 32.6 Å². The smallest absolute Gasteiger partial charge is 0.219 e. The molecule has 1 nitrogen and oxygen atoms in total. The van der Waals surface area contributed by atoms with Crippen molar-refractivity contribution in [3.63, 3.8) is 0 Å². The van der Waals surface area contributed by atoms with Gasteiger partial charge in [0.15, 0.2) is 0 Å². The molecule has 0 aliphatic heterocycles. The minimum Gasteiger partial charge on any atom is -0.316 e. The largest absolute Gasteiger partial charge is 0.316 e. The molecule has 0 bridgehead atoms. The first-order valence-corrected chi connectivity index (χ1v) is 3.60. The van der Waals surface area contributed by atoms with Crippen molar-refractivity contribution in [2.24, 2.45) is 5.41 Å². The van der Waals surface area contributed by atoms with E-state index in [4.69, 9.17) is 6.57 Å². The van der Waals surface area contributed by atoms with Gasteiger partial charge in [-0.1, -0.05) is 19.8 Å². The molecule has 9 heavy (non-hydrogen) atoms.